The van der Waals surface area contributed by atoms with E-state index in [9.17, 15) is 18.6 Å². The first-order chi connectivity index (χ1) is 14.3. The van der Waals surface area contributed by atoms with Crippen LogP contribution in [0.3, 0.4) is 0 Å². The van der Waals surface area contributed by atoms with E-state index in [0.717, 1.165) is 16.7 Å². The van der Waals surface area contributed by atoms with Gasteiger partial charge in [0.25, 0.3) is 0 Å². The summed E-state index contributed by atoms with van der Waals surface area (Å²) in [5.41, 5.74) is 2.33. The third-order valence-electron chi connectivity index (χ3n) is 4.94. The molecule has 0 aliphatic carbocycles. The molecule has 0 saturated carbocycles. The monoisotopic (exact) mass is 440 g/mol. The molecule has 0 saturated heterocycles. The van der Waals surface area contributed by atoms with Gasteiger partial charge in [0, 0.05) is 5.56 Å². The highest BCUT2D eigenvalue weighted by molar-refractivity contribution is 7.80. The van der Waals surface area contributed by atoms with E-state index in [2.05, 4.69) is 4.18 Å². The normalized spacial score (nSPS) is 18.0. The molecule has 0 aromatic heterocycles. The second-order valence-electron chi connectivity index (χ2n) is 6.83. The third kappa shape index (κ3) is 4.78. The van der Waals surface area contributed by atoms with E-state index in [0.29, 0.717) is 30.1 Å². The average Bonchev–Trinajstić information content (AvgIpc) is 3.08. The molecule has 164 valence electrons. The second-order valence-corrected chi connectivity index (χ2v) is 7.92. The smallest absolute Gasteiger partial charge is 0.397 e. The molecule has 2 atom stereocenters. The molecule has 3 N–H and O–H groups in total. The molecule has 0 unspecified atom stereocenters. The van der Waals surface area contributed by atoms with Crippen LogP contribution in [0.15, 0.2) is 30.3 Å². The Bertz CT molecular complexity index is 1000. The maximum atomic E-state index is 10.7. The number of aryl methyl sites for hydroxylation is 1. The summed E-state index contributed by atoms with van der Waals surface area (Å²) in [5.74, 6) is 0.938. The Hall–Kier alpha value is -2.53. The molecule has 1 aliphatic rings. The van der Waals surface area contributed by atoms with Crippen LogP contribution in [0.25, 0.3) is 0 Å². The molecular weight excluding hydrogens is 416 g/mol. The lowest BCUT2D eigenvalue weighted by Gasteiger charge is -2.18. The molecule has 2 aromatic carbocycles. The molecule has 9 nitrogen and oxygen atoms in total. The van der Waals surface area contributed by atoms with Crippen molar-refractivity contribution in [1.29, 1.82) is 0 Å². The zero-order valence-corrected chi connectivity index (χ0v) is 17.4. The highest BCUT2D eigenvalue weighted by Crippen LogP contribution is 2.51. The number of aliphatic hydroxyl groups is 1. The van der Waals surface area contributed by atoms with Crippen LogP contribution in [0.2, 0.25) is 0 Å². The first-order valence-corrected chi connectivity index (χ1v) is 10.6. The number of rotatable bonds is 9. The van der Waals surface area contributed by atoms with E-state index in [1.54, 1.807) is 18.2 Å². The van der Waals surface area contributed by atoms with Gasteiger partial charge >= 0.3 is 10.4 Å². The van der Waals surface area contributed by atoms with E-state index in [-0.39, 0.29) is 24.9 Å². The molecule has 0 bridgehead atoms. The number of methoxy groups -OCH3 is 2. The largest absolute Gasteiger partial charge is 0.504 e. The fraction of sp³-hybridized carbons (Fsp3) is 0.400. The average molecular weight is 440 g/mol. The van der Waals surface area contributed by atoms with Gasteiger partial charge < -0.3 is 24.4 Å². The predicted octanol–water partition coefficient (Wildman–Crippen LogP) is 2.37. The quantitative estimate of drug-likeness (QED) is 0.397. The minimum Gasteiger partial charge on any atom is -0.504 e. The highest BCUT2D eigenvalue weighted by Gasteiger charge is 2.38. The molecule has 10 heteroatoms. The zero-order chi connectivity index (χ0) is 21.9. The van der Waals surface area contributed by atoms with E-state index in [1.807, 2.05) is 6.07 Å². The standard InChI is InChI=1S/C20H24O9S/c1-26-17-10-13(5-6-16(17)22)19-15(11-21)14-8-12(4-3-7-28-30(23,24)25)9-18(27-2)20(14)29-19/h5-6,8-10,15,19,21-22H,3-4,7,11H2,1-2H3,(H,23,24,25)/t15-,19+/m0/s1. The van der Waals surface area contributed by atoms with Crippen LogP contribution in [0.5, 0.6) is 23.0 Å². The highest BCUT2D eigenvalue weighted by atomic mass is 32.3. The Morgan fingerprint density at radius 1 is 1.10 bits per heavy atom. The number of phenols is 1. The van der Waals surface area contributed by atoms with E-state index in [1.165, 1.54) is 20.3 Å². The lowest BCUT2D eigenvalue weighted by Crippen LogP contribution is -2.13. The Kier molecular flexibility index (Phi) is 6.71. The van der Waals surface area contributed by atoms with Gasteiger partial charge in [-0.25, -0.2) is 4.18 Å². The van der Waals surface area contributed by atoms with Crippen molar-refractivity contribution in [2.75, 3.05) is 27.4 Å². The van der Waals surface area contributed by atoms with Crippen LogP contribution >= 0.6 is 0 Å². The molecule has 1 heterocycles. The Morgan fingerprint density at radius 2 is 1.83 bits per heavy atom. The van der Waals surface area contributed by atoms with Crippen LogP contribution in [0.4, 0.5) is 0 Å². The van der Waals surface area contributed by atoms with E-state index in [4.69, 9.17) is 18.8 Å². The van der Waals surface area contributed by atoms with Gasteiger partial charge in [0.05, 0.1) is 33.4 Å². The molecular formula is C20H24O9S. The number of phenolic OH excluding ortho intramolecular Hbond substituents is 1. The van der Waals surface area contributed by atoms with Gasteiger partial charge in [0.15, 0.2) is 23.0 Å². The van der Waals surface area contributed by atoms with Gasteiger partial charge in [0.1, 0.15) is 6.10 Å². The Labute approximate surface area is 174 Å². The fourth-order valence-corrected chi connectivity index (χ4v) is 3.89. The zero-order valence-electron chi connectivity index (χ0n) is 16.6. The summed E-state index contributed by atoms with van der Waals surface area (Å²) >= 11 is 0. The van der Waals surface area contributed by atoms with E-state index < -0.39 is 16.5 Å². The summed E-state index contributed by atoms with van der Waals surface area (Å²) in [7, 11) is -1.51. The van der Waals surface area contributed by atoms with Crippen molar-refractivity contribution in [2.24, 2.45) is 0 Å². The molecule has 0 fully saturated rings. The number of aliphatic hydroxyl groups excluding tert-OH is 1. The second kappa shape index (κ2) is 9.09. The van der Waals surface area contributed by atoms with Gasteiger partial charge in [-0.05, 0) is 42.2 Å². The summed E-state index contributed by atoms with van der Waals surface area (Å²) in [6.45, 7) is -0.340. The number of ether oxygens (including phenoxy) is 3. The lowest BCUT2D eigenvalue weighted by atomic mass is 9.90. The molecule has 1 aliphatic heterocycles. The van der Waals surface area contributed by atoms with Crippen molar-refractivity contribution in [1.82, 2.24) is 0 Å². The van der Waals surface area contributed by atoms with Crippen LogP contribution < -0.4 is 14.2 Å². The number of hydrogen-bond donors (Lipinski definition) is 3. The minimum atomic E-state index is -4.47. The van der Waals surface area contributed by atoms with Crippen molar-refractivity contribution < 1.29 is 41.6 Å². The van der Waals surface area contributed by atoms with Gasteiger partial charge in [-0.2, -0.15) is 8.42 Å². The summed E-state index contributed by atoms with van der Waals surface area (Å²) in [4.78, 5) is 0. The summed E-state index contributed by atoms with van der Waals surface area (Å²) in [5, 5.41) is 19.9. The SMILES string of the molecule is COc1cc([C@H]2Oc3c(OC)cc(CCCOS(=O)(=O)O)cc3[C@@H]2CO)ccc1O. The predicted molar refractivity (Wildman–Crippen MR) is 107 cm³/mol. The number of aromatic hydroxyl groups is 1. The molecule has 0 radical (unpaired) electrons. The topological polar surface area (TPSA) is 132 Å². The van der Waals surface area contributed by atoms with Crippen LogP contribution in [0.1, 0.15) is 35.1 Å². The first-order valence-electron chi connectivity index (χ1n) is 9.24. The third-order valence-corrected chi connectivity index (χ3v) is 5.41. The summed E-state index contributed by atoms with van der Waals surface area (Å²) < 4.78 is 51.1. The molecule has 0 amide bonds. The lowest BCUT2D eigenvalue weighted by molar-refractivity contribution is 0.157. The summed E-state index contributed by atoms with van der Waals surface area (Å²) in [6, 6.07) is 8.53. The Morgan fingerprint density at radius 3 is 2.47 bits per heavy atom. The fourth-order valence-electron chi connectivity index (χ4n) is 3.56. The van der Waals surface area contributed by atoms with Crippen LogP contribution in [0, 0.1) is 0 Å². The maximum Gasteiger partial charge on any atom is 0.397 e. The van der Waals surface area contributed by atoms with Crippen LogP contribution in [-0.2, 0) is 21.0 Å². The molecule has 30 heavy (non-hydrogen) atoms. The molecule has 3 rings (SSSR count). The van der Waals surface area contributed by atoms with Crippen molar-refractivity contribution in [3.8, 4) is 23.0 Å². The van der Waals surface area contributed by atoms with Crippen molar-refractivity contribution in [3.63, 3.8) is 0 Å². The van der Waals surface area contributed by atoms with Crippen molar-refractivity contribution >= 4 is 10.4 Å². The van der Waals surface area contributed by atoms with Crippen molar-refractivity contribution in [2.45, 2.75) is 24.9 Å². The molecule has 0 spiro atoms. The van der Waals surface area contributed by atoms with Crippen molar-refractivity contribution in [3.05, 3.63) is 47.0 Å². The number of fused-ring (bicyclic) bond motifs is 1. The summed E-state index contributed by atoms with van der Waals surface area (Å²) in [6.07, 6.45) is 0.312. The number of benzene rings is 2. The minimum absolute atomic E-state index is 0.00397. The van der Waals surface area contributed by atoms with E-state index >= 15 is 0 Å². The van der Waals surface area contributed by atoms with Gasteiger partial charge in [-0.3, -0.25) is 4.55 Å². The van der Waals surface area contributed by atoms with Crippen LogP contribution in [-0.4, -0.2) is 50.6 Å². The Balaban J connectivity index is 1.87. The number of hydrogen-bond acceptors (Lipinski definition) is 8. The molecule has 2 aromatic rings. The van der Waals surface area contributed by atoms with Gasteiger partial charge in [0.2, 0.25) is 0 Å². The maximum absolute atomic E-state index is 10.7. The first kappa shape index (κ1) is 22.2. The van der Waals surface area contributed by atoms with Gasteiger partial charge in [-0.1, -0.05) is 12.1 Å². The van der Waals surface area contributed by atoms with Gasteiger partial charge in [-0.15, -0.1) is 0 Å².